The molecule has 0 aliphatic carbocycles. The number of benzene rings is 1. The third-order valence-electron chi connectivity index (χ3n) is 5.44. The SMILES string of the molecule is Cc1nc2cc(C(=O)N3C[C@@H](CN4CCOCC4)[C@@H](CO)C3)ccc2s1. The molecule has 2 aromatic rings. The van der Waals surface area contributed by atoms with Crippen LogP contribution in [-0.4, -0.2) is 78.3 Å². The Hall–Kier alpha value is -1.54. The van der Waals surface area contributed by atoms with E-state index >= 15 is 0 Å². The summed E-state index contributed by atoms with van der Waals surface area (Å²) in [5.41, 5.74) is 1.58. The number of aromatic nitrogens is 1. The molecule has 0 bridgehead atoms. The summed E-state index contributed by atoms with van der Waals surface area (Å²) in [5.74, 6) is 0.500. The Labute approximate surface area is 157 Å². The van der Waals surface area contributed by atoms with Crippen molar-refractivity contribution in [3.8, 4) is 0 Å². The lowest BCUT2D eigenvalue weighted by atomic mass is 9.96. The maximum atomic E-state index is 13.0. The number of amides is 1. The van der Waals surface area contributed by atoms with Gasteiger partial charge in [-0.05, 0) is 31.0 Å². The lowest BCUT2D eigenvalue weighted by molar-refractivity contribution is 0.0264. The summed E-state index contributed by atoms with van der Waals surface area (Å²) >= 11 is 1.64. The molecular formula is C19H25N3O3S. The second-order valence-electron chi connectivity index (χ2n) is 7.24. The largest absolute Gasteiger partial charge is 0.396 e. The molecule has 140 valence electrons. The summed E-state index contributed by atoms with van der Waals surface area (Å²) in [7, 11) is 0. The van der Waals surface area contributed by atoms with Gasteiger partial charge in [-0.15, -0.1) is 11.3 Å². The molecule has 7 heteroatoms. The Balaban J connectivity index is 1.46. The Morgan fingerprint density at radius 3 is 2.85 bits per heavy atom. The van der Waals surface area contributed by atoms with Crippen LogP contribution in [0.5, 0.6) is 0 Å². The average Bonchev–Trinajstić information content (AvgIpc) is 3.23. The second-order valence-corrected chi connectivity index (χ2v) is 8.48. The van der Waals surface area contributed by atoms with E-state index in [2.05, 4.69) is 9.88 Å². The standard InChI is InChI=1S/C19H25N3O3S/c1-13-20-17-8-14(2-3-18(17)26-13)19(24)22-10-15(16(11-22)12-23)9-21-4-6-25-7-5-21/h2-3,8,15-16,23H,4-7,9-12H2,1H3/t15-,16-/m1/s1. The highest BCUT2D eigenvalue weighted by Crippen LogP contribution is 2.28. The molecule has 1 aromatic carbocycles. The van der Waals surface area contributed by atoms with Crippen LogP contribution in [0.3, 0.4) is 0 Å². The molecule has 2 fully saturated rings. The van der Waals surface area contributed by atoms with Crippen LogP contribution < -0.4 is 0 Å². The van der Waals surface area contributed by atoms with Gasteiger partial charge in [0, 0.05) is 50.8 Å². The quantitative estimate of drug-likeness (QED) is 0.880. The fourth-order valence-corrected chi connectivity index (χ4v) is 4.80. The van der Waals surface area contributed by atoms with Gasteiger partial charge in [-0.1, -0.05) is 0 Å². The van der Waals surface area contributed by atoms with Gasteiger partial charge in [0.05, 0.1) is 28.4 Å². The Bertz CT molecular complexity index is 787. The highest BCUT2D eigenvalue weighted by molar-refractivity contribution is 7.18. The molecule has 2 aliphatic rings. The van der Waals surface area contributed by atoms with Gasteiger partial charge >= 0.3 is 0 Å². The van der Waals surface area contributed by atoms with E-state index in [-0.39, 0.29) is 18.4 Å². The number of thiazole rings is 1. The predicted molar refractivity (Wildman–Crippen MR) is 102 cm³/mol. The van der Waals surface area contributed by atoms with Crippen LogP contribution in [0.15, 0.2) is 18.2 Å². The topological polar surface area (TPSA) is 65.9 Å². The first-order valence-electron chi connectivity index (χ1n) is 9.21. The molecule has 0 unspecified atom stereocenters. The van der Waals surface area contributed by atoms with Crippen molar-refractivity contribution in [2.75, 3.05) is 52.5 Å². The number of fused-ring (bicyclic) bond motifs is 1. The summed E-state index contributed by atoms with van der Waals surface area (Å²) in [5, 5.41) is 10.8. The number of carbonyl (C=O) groups is 1. The number of ether oxygens (including phenoxy) is 1. The summed E-state index contributed by atoms with van der Waals surface area (Å²) < 4.78 is 6.52. The van der Waals surface area contributed by atoms with Crippen molar-refractivity contribution >= 4 is 27.5 Å². The van der Waals surface area contributed by atoms with Crippen molar-refractivity contribution in [3.63, 3.8) is 0 Å². The van der Waals surface area contributed by atoms with E-state index in [9.17, 15) is 9.90 Å². The minimum Gasteiger partial charge on any atom is -0.396 e. The van der Waals surface area contributed by atoms with E-state index in [0.29, 0.717) is 24.6 Å². The van der Waals surface area contributed by atoms with E-state index in [1.807, 2.05) is 30.0 Å². The van der Waals surface area contributed by atoms with Gasteiger partial charge in [0.2, 0.25) is 0 Å². The van der Waals surface area contributed by atoms with E-state index in [4.69, 9.17) is 4.74 Å². The van der Waals surface area contributed by atoms with Gasteiger partial charge in [-0.25, -0.2) is 4.98 Å². The number of aryl methyl sites for hydroxylation is 1. The normalized spacial score (nSPS) is 24.5. The number of hydrogen-bond donors (Lipinski definition) is 1. The van der Waals surface area contributed by atoms with Gasteiger partial charge in [0.25, 0.3) is 5.91 Å². The molecule has 0 saturated carbocycles. The smallest absolute Gasteiger partial charge is 0.253 e. The first-order valence-corrected chi connectivity index (χ1v) is 10.0. The molecule has 26 heavy (non-hydrogen) atoms. The monoisotopic (exact) mass is 375 g/mol. The summed E-state index contributed by atoms with van der Waals surface area (Å²) in [6.07, 6.45) is 0. The van der Waals surface area contributed by atoms with E-state index in [1.165, 1.54) is 0 Å². The summed E-state index contributed by atoms with van der Waals surface area (Å²) in [4.78, 5) is 21.8. The van der Waals surface area contributed by atoms with Crippen molar-refractivity contribution in [1.29, 1.82) is 0 Å². The molecule has 3 heterocycles. The third kappa shape index (κ3) is 3.62. The van der Waals surface area contributed by atoms with Crippen molar-refractivity contribution < 1.29 is 14.6 Å². The average molecular weight is 375 g/mol. The molecule has 2 atom stereocenters. The summed E-state index contributed by atoms with van der Waals surface area (Å²) in [6, 6.07) is 5.77. The fraction of sp³-hybridized carbons (Fsp3) is 0.579. The summed E-state index contributed by atoms with van der Waals surface area (Å²) in [6.45, 7) is 7.76. The van der Waals surface area contributed by atoms with Gasteiger partial charge in [-0.3, -0.25) is 9.69 Å². The van der Waals surface area contributed by atoms with Crippen LogP contribution in [-0.2, 0) is 4.74 Å². The zero-order valence-corrected chi connectivity index (χ0v) is 15.9. The first kappa shape index (κ1) is 17.9. The molecule has 6 nitrogen and oxygen atoms in total. The van der Waals surface area contributed by atoms with Crippen LogP contribution in [0.25, 0.3) is 10.2 Å². The van der Waals surface area contributed by atoms with Crippen molar-refractivity contribution in [2.45, 2.75) is 6.92 Å². The number of morpholine rings is 1. The number of likely N-dealkylation sites (tertiary alicyclic amines) is 1. The lowest BCUT2D eigenvalue weighted by Gasteiger charge is -2.30. The maximum absolute atomic E-state index is 13.0. The predicted octanol–water partition coefficient (Wildman–Crippen LogP) is 1.62. The lowest BCUT2D eigenvalue weighted by Crippen LogP contribution is -2.41. The number of carbonyl (C=O) groups excluding carboxylic acids is 1. The minimum atomic E-state index is 0.0421. The molecule has 4 rings (SSSR count). The Morgan fingerprint density at radius 1 is 1.31 bits per heavy atom. The second kappa shape index (κ2) is 7.60. The molecular weight excluding hydrogens is 350 g/mol. The molecule has 2 aliphatic heterocycles. The van der Waals surface area contributed by atoms with E-state index in [0.717, 1.165) is 48.1 Å². The Kier molecular flexibility index (Phi) is 5.22. The molecule has 1 N–H and O–H groups in total. The van der Waals surface area contributed by atoms with Gasteiger partial charge in [0.15, 0.2) is 0 Å². The molecule has 0 radical (unpaired) electrons. The first-order chi connectivity index (χ1) is 12.6. The zero-order chi connectivity index (χ0) is 18.1. The zero-order valence-electron chi connectivity index (χ0n) is 15.1. The highest BCUT2D eigenvalue weighted by atomic mass is 32.1. The third-order valence-corrected chi connectivity index (χ3v) is 6.39. The van der Waals surface area contributed by atoms with E-state index < -0.39 is 0 Å². The van der Waals surface area contributed by atoms with Crippen LogP contribution in [0.2, 0.25) is 0 Å². The molecule has 2 saturated heterocycles. The number of hydrogen-bond acceptors (Lipinski definition) is 6. The highest BCUT2D eigenvalue weighted by Gasteiger charge is 2.36. The maximum Gasteiger partial charge on any atom is 0.253 e. The van der Waals surface area contributed by atoms with Gasteiger partial charge < -0.3 is 14.7 Å². The van der Waals surface area contributed by atoms with Crippen molar-refractivity contribution in [2.24, 2.45) is 11.8 Å². The molecule has 1 aromatic heterocycles. The fourth-order valence-electron chi connectivity index (χ4n) is 3.99. The molecule has 0 spiro atoms. The number of aliphatic hydroxyl groups excluding tert-OH is 1. The van der Waals surface area contributed by atoms with Crippen molar-refractivity contribution in [1.82, 2.24) is 14.8 Å². The number of rotatable bonds is 4. The van der Waals surface area contributed by atoms with Crippen LogP contribution in [0.1, 0.15) is 15.4 Å². The van der Waals surface area contributed by atoms with Crippen LogP contribution >= 0.6 is 11.3 Å². The van der Waals surface area contributed by atoms with Crippen LogP contribution in [0.4, 0.5) is 0 Å². The van der Waals surface area contributed by atoms with Crippen LogP contribution in [0, 0.1) is 18.8 Å². The number of nitrogens with zero attached hydrogens (tertiary/aromatic N) is 3. The van der Waals surface area contributed by atoms with Gasteiger partial charge in [-0.2, -0.15) is 0 Å². The number of aliphatic hydroxyl groups is 1. The minimum absolute atomic E-state index is 0.0421. The van der Waals surface area contributed by atoms with Gasteiger partial charge in [0.1, 0.15) is 0 Å². The molecule has 1 amide bonds. The van der Waals surface area contributed by atoms with Crippen molar-refractivity contribution in [3.05, 3.63) is 28.8 Å². The van der Waals surface area contributed by atoms with E-state index in [1.54, 1.807) is 11.3 Å². The Morgan fingerprint density at radius 2 is 2.08 bits per heavy atom.